The summed E-state index contributed by atoms with van der Waals surface area (Å²) in [5.41, 5.74) is 0. The SMILES string of the molecule is CC=O.CN1CCCCC1C(=O)O. The molecular formula is C9H17NO3. The summed E-state index contributed by atoms with van der Waals surface area (Å²) in [5, 5.41) is 8.67. The van der Waals surface area contributed by atoms with Gasteiger partial charge in [-0.25, -0.2) is 0 Å². The fourth-order valence-electron chi connectivity index (χ4n) is 1.39. The Balaban J connectivity index is 0.000000424. The van der Waals surface area contributed by atoms with Crippen LogP contribution >= 0.6 is 0 Å². The summed E-state index contributed by atoms with van der Waals surface area (Å²) in [6, 6.07) is -0.228. The van der Waals surface area contributed by atoms with Crippen LogP contribution in [0.15, 0.2) is 0 Å². The number of aliphatic carboxylic acids is 1. The number of likely N-dealkylation sites (N-methyl/N-ethyl adjacent to an activating group) is 1. The van der Waals surface area contributed by atoms with E-state index in [2.05, 4.69) is 0 Å². The van der Waals surface area contributed by atoms with Crippen LogP contribution in [0.1, 0.15) is 26.2 Å². The van der Waals surface area contributed by atoms with E-state index in [9.17, 15) is 4.79 Å². The molecule has 0 saturated carbocycles. The van der Waals surface area contributed by atoms with Gasteiger partial charge in [-0.05, 0) is 33.4 Å². The molecule has 1 heterocycles. The Morgan fingerprint density at radius 1 is 1.54 bits per heavy atom. The van der Waals surface area contributed by atoms with Crippen molar-refractivity contribution in [2.75, 3.05) is 13.6 Å². The smallest absolute Gasteiger partial charge is 0.320 e. The molecule has 1 aliphatic heterocycles. The minimum absolute atomic E-state index is 0.228. The van der Waals surface area contributed by atoms with Gasteiger partial charge in [0.1, 0.15) is 12.3 Å². The zero-order valence-electron chi connectivity index (χ0n) is 8.19. The maximum absolute atomic E-state index is 10.5. The average molecular weight is 187 g/mol. The molecule has 0 aromatic carbocycles. The number of carboxylic acids is 1. The van der Waals surface area contributed by atoms with Gasteiger partial charge in [0.05, 0.1) is 0 Å². The molecule has 0 bridgehead atoms. The lowest BCUT2D eigenvalue weighted by Crippen LogP contribution is -2.41. The monoisotopic (exact) mass is 187 g/mol. The fourth-order valence-corrected chi connectivity index (χ4v) is 1.39. The van der Waals surface area contributed by atoms with Gasteiger partial charge < -0.3 is 9.90 Å². The van der Waals surface area contributed by atoms with E-state index in [0.717, 1.165) is 32.1 Å². The molecule has 0 radical (unpaired) electrons. The highest BCUT2D eigenvalue weighted by molar-refractivity contribution is 5.73. The Morgan fingerprint density at radius 2 is 2.08 bits per heavy atom. The van der Waals surface area contributed by atoms with Gasteiger partial charge in [-0.15, -0.1) is 0 Å². The number of carbonyl (C=O) groups is 2. The largest absolute Gasteiger partial charge is 0.480 e. The summed E-state index contributed by atoms with van der Waals surface area (Å²) in [4.78, 5) is 21.2. The van der Waals surface area contributed by atoms with Crippen molar-refractivity contribution < 1.29 is 14.7 Å². The highest BCUT2D eigenvalue weighted by atomic mass is 16.4. The number of aldehydes is 1. The molecule has 4 heteroatoms. The van der Waals surface area contributed by atoms with Crippen LogP contribution < -0.4 is 0 Å². The number of hydrogen-bond acceptors (Lipinski definition) is 3. The highest BCUT2D eigenvalue weighted by Crippen LogP contribution is 2.14. The molecule has 0 amide bonds. The van der Waals surface area contributed by atoms with Crippen molar-refractivity contribution in [3.05, 3.63) is 0 Å². The molecule has 1 N–H and O–H groups in total. The van der Waals surface area contributed by atoms with Crippen LogP contribution in [0.5, 0.6) is 0 Å². The van der Waals surface area contributed by atoms with Crippen molar-refractivity contribution in [2.45, 2.75) is 32.2 Å². The van der Waals surface area contributed by atoms with Crippen LogP contribution in [0, 0.1) is 0 Å². The second-order valence-corrected chi connectivity index (χ2v) is 3.07. The lowest BCUT2D eigenvalue weighted by atomic mass is 10.0. The topological polar surface area (TPSA) is 57.6 Å². The van der Waals surface area contributed by atoms with Crippen LogP contribution in [0.25, 0.3) is 0 Å². The van der Waals surface area contributed by atoms with Gasteiger partial charge in [0.2, 0.25) is 0 Å². The lowest BCUT2D eigenvalue weighted by molar-refractivity contribution is -0.143. The molecular weight excluding hydrogens is 170 g/mol. The molecule has 1 unspecified atom stereocenters. The van der Waals surface area contributed by atoms with E-state index in [4.69, 9.17) is 9.90 Å². The molecule has 0 aromatic heterocycles. The van der Waals surface area contributed by atoms with Crippen molar-refractivity contribution in [1.29, 1.82) is 0 Å². The van der Waals surface area contributed by atoms with E-state index in [1.807, 2.05) is 11.9 Å². The van der Waals surface area contributed by atoms with Crippen LogP contribution in [0.4, 0.5) is 0 Å². The maximum atomic E-state index is 10.5. The van der Waals surface area contributed by atoms with E-state index in [1.165, 1.54) is 6.92 Å². The fraction of sp³-hybridized carbons (Fsp3) is 0.778. The molecule has 0 aliphatic carbocycles. The zero-order chi connectivity index (χ0) is 10.3. The predicted octanol–water partition coefficient (Wildman–Crippen LogP) is 0.760. The maximum Gasteiger partial charge on any atom is 0.320 e. The minimum Gasteiger partial charge on any atom is -0.480 e. The van der Waals surface area contributed by atoms with Crippen molar-refractivity contribution in [2.24, 2.45) is 0 Å². The van der Waals surface area contributed by atoms with Gasteiger partial charge in [-0.3, -0.25) is 9.69 Å². The summed E-state index contributed by atoms with van der Waals surface area (Å²) < 4.78 is 0. The quantitative estimate of drug-likeness (QED) is 0.616. The number of hydrogen-bond donors (Lipinski definition) is 1. The van der Waals surface area contributed by atoms with E-state index in [-0.39, 0.29) is 6.04 Å². The molecule has 76 valence electrons. The normalized spacial score (nSPS) is 22.8. The third-order valence-corrected chi connectivity index (χ3v) is 2.06. The molecule has 13 heavy (non-hydrogen) atoms. The minimum atomic E-state index is -0.679. The molecule has 0 spiro atoms. The number of carbonyl (C=O) groups excluding carboxylic acids is 1. The van der Waals surface area contributed by atoms with Gasteiger partial charge in [0.15, 0.2) is 0 Å². The first-order valence-electron chi connectivity index (χ1n) is 4.46. The van der Waals surface area contributed by atoms with Gasteiger partial charge >= 0.3 is 5.97 Å². The summed E-state index contributed by atoms with van der Waals surface area (Å²) in [6.45, 7) is 2.37. The third kappa shape index (κ3) is 4.62. The van der Waals surface area contributed by atoms with E-state index >= 15 is 0 Å². The summed E-state index contributed by atoms with van der Waals surface area (Å²) >= 11 is 0. The van der Waals surface area contributed by atoms with Crippen LogP contribution in [0.3, 0.4) is 0 Å². The number of rotatable bonds is 1. The van der Waals surface area contributed by atoms with Crippen LogP contribution in [-0.2, 0) is 9.59 Å². The Morgan fingerprint density at radius 3 is 2.38 bits per heavy atom. The molecule has 0 aromatic rings. The number of nitrogens with zero attached hydrogens (tertiary/aromatic N) is 1. The zero-order valence-corrected chi connectivity index (χ0v) is 8.19. The molecule has 4 nitrogen and oxygen atoms in total. The number of carboxylic acid groups (broad SMARTS) is 1. The van der Waals surface area contributed by atoms with E-state index in [1.54, 1.807) is 0 Å². The molecule has 1 saturated heterocycles. The lowest BCUT2D eigenvalue weighted by Gasteiger charge is -2.28. The summed E-state index contributed by atoms with van der Waals surface area (Å²) in [7, 11) is 1.87. The van der Waals surface area contributed by atoms with Gasteiger partial charge in [0, 0.05) is 0 Å². The Labute approximate surface area is 78.5 Å². The van der Waals surface area contributed by atoms with Crippen LogP contribution in [0.2, 0.25) is 0 Å². The summed E-state index contributed by atoms with van der Waals surface area (Å²) in [5.74, 6) is -0.679. The second-order valence-electron chi connectivity index (χ2n) is 3.07. The van der Waals surface area contributed by atoms with Gasteiger partial charge in [0.25, 0.3) is 0 Å². The van der Waals surface area contributed by atoms with Gasteiger partial charge in [-0.1, -0.05) is 6.42 Å². The first-order chi connectivity index (χ1) is 6.13. The Bertz CT molecular complexity index is 170. The van der Waals surface area contributed by atoms with E-state index < -0.39 is 5.97 Å². The third-order valence-electron chi connectivity index (χ3n) is 2.06. The standard InChI is InChI=1S/C7H13NO2.C2H4O/c1-8-5-3-2-4-6(8)7(9)10;1-2-3/h6H,2-5H2,1H3,(H,9,10);2H,1H3. The number of likely N-dealkylation sites (tertiary alicyclic amines) is 1. The predicted molar refractivity (Wildman–Crippen MR) is 49.6 cm³/mol. The highest BCUT2D eigenvalue weighted by Gasteiger charge is 2.24. The Hall–Kier alpha value is -0.900. The summed E-state index contributed by atoms with van der Waals surface area (Å²) in [6.07, 6.45) is 3.76. The van der Waals surface area contributed by atoms with Crippen molar-refractivity contribution in [3.63, 3.8) is 0 Å². The van der Waals surface area contributed by atoms with Crippen molar-refractivity contribution in [3.8, 4) is 0 Å². The molecule has 1 rings (SSSR count). The molecule has 1 aliphatic rings. The number of piperidine rings is 1. The molecule has 1 fully saturated rings. The van der Waals surface area contributed by atoms with Crippen molar-refractivity contribution in [1.82, 2.24) is 4.90 Å². The van der Waals surface area contributed by atoms with E-state index in [0.29, 0.717) is 0 Å². The first-order valence-corrected chi connectivity index (χ1v) is 4.46. The average Bonchev–Trinajstić information content (AvgIpc) is 2.06. The molecule has 1 atom stereocenters. The van der Waals surface area contributed by atoms with Crippen LogP contribution in [-0.4, -0.2) is 41.9 Å². The van der Waals surface area contributed by atoms with Gasteiger partial charge in [-0.2, -0.15) is 0 Å². The van der Waals surface area contributed by atoms with Crippen molar-refractivity contribution >= 4 is 12.3 Å². The Kier molecular flexibility index (Phi) is 6.14. The first kappa shape index (κ1) is 12.1. The second kappa shape index (κ2) is 6.60.